The lowest BCUT2D eigenvalue weighted by molar-refractivity contribution is -0.123. The number of benzene rings is 2. The van der Waals surface area contributed by atoms with Crippen LogP contribution in [-0.2, 0) is 17.6 Å². The van der Waals surface area contributed by atoms with E-state index in [0.717, 1.165) is 18.6 Å². The molecule has 4 rings (SSSR count). The van der Waals surface area contributed by atoms with Gasteiger partial charge >= 0.3 is 0 Å². The molecule has 0 spiro atoms. The molecule has 0 aromatic heterocycles. The van der Waals surface area contributed by atoms with E-state index < -0.39 is 0 Å². The number of hydrazone groups is 1. The number of nitrogens with one attached hydrogen (secondary N) is 1. The second-order valence-electron chi connectivity index (χ2n) is 8.31. The van der Waals surface area contributed by atoms with Crippen molar-refractivity contribution in [2.45, 2.75) is 45.4 Å². The molecule has 0 bridgehead atoms. The SMILES string of the molecule is C[C@]12CCCC[C@H]1[C@@H]2C(=O)NN=C(Cc1ccccc1)Cc1ccccc1. The number of hydrogen-bond donors (Lipinski definition) is 1. The summed E-state index contributed by atoms with van der Waals surface area (Å²) in [4.78, 5) is 12.8. The van der Waals surface area contributed by atoms with E-state index in [1.165, 1.54) is 36.8 Å². The monoisotopic (exact) mass is 360 g/mol. The minimum Gasteiger partial charge on any atom is -0.273 e. The van der Waals surface area contributed by atoms with Crippen molar-refractivity contribution in [2.75, 3.05) is 0 Å². The van der Waals surface area contributed by atoms with Gasteiger partial charge in [-0.3, -0.25) is 4.79 Å². The Morgan fingerprint density at radius 1 is 1.00 bits per heavy atom. The molecule has 3 nitrogen and oxygen atoms in total. The van der Waals surface area contributed by atoms with Gasteiger partial charge in [-0.1, -0.05) is 80.4 Å². The summed E-state index contributed by atoms with van der Waals surface area (Å²) in [6.07, 6.45) is 6.40. The van der Waals surface area contributed by atoms with Gasteiger partial charge in [-0.05, 0) is 35.3 Å². The van der Waals surface area contributed by atoms with E-state index in [0.29, 0.717) is 5.92 Å². The lowest BCUT2D eigenvalue weighted by Gasteiger charge is -2.15. The highest BCUT2D eigenvalue weighted by molar-refractivity contribution is 5.90. The molecule has 0 aliphatic heterocycles. The first-order valence-electron chi connectivity index (χ1n) is 10.1. The van der Waals surface area contributed by atoms with Crippen LogP contribution in [0, 0.1) is 17.3 Å². The van der Waals surface area contributed by atoms with Crippen molar-refractivity contribution in [1.82, 2.24) is 5.43 Å². The van der Waals surface area contributed by atoms with Gasteiger partial charge in [0, 0.05) is 24.5 Å². The normalized spacial score (nSPS) is 26.0. The molecule has 2 aromatic rings. The summed E-state index contributed by atoms with van der Waals surface area (Å²) in [5, 5.41) is 4.58. The number of nitrogens with zero attached hydrogens (tertiary/aromatic N) is 1. The second-order valence-corrected chi connectivity index (χ2v) is 8.31. The van der Waals surface area contributed by atoms with Crippen LogP contribution in [0.3, 0.4) is 0 Å². The van der Waals surface area contributed by atoms with Gasteiger partial charge in [-0.2, -0.15) is 5.10 Å². The molecular weight excluding hydrogens is 332 g/mol. The Balaban J connectivity index is 1.47. The molecule has 2 saturated carbocycles. The predicted octanol–water partition coefficient (Wildman–Crippen LogP) is 4.77. The molecule has 2 fully saturated rings. The van der Waals surface area contributed by atoms with Crippen LogP contribution >= 0.6 is 0 Å². The Morgan fingerprint density at radius 2 is 1.59 bits per heavy atom. The van der Waals surface area contributed by atoms with Gasteiger partial charge in [-0.15, -0.1) is 0 Å². The first-order chi connectivity index (χ1) is 13.2. The van der Waals surface area contributed by atoms with Crippen LogP contribution in [-0.4, -0.2) is 11.6 Å². The highest BCUT2D eigenvalue weighted by Crippen LogP contribution is 2.66. The van der Waals surface area contributed by atoms with Gasteiger partial charge in [0.25, 0.3) is 0 Å². The molecule has 3 heteroatoms. The molecule has 1 amide bonds. The third kappa shape index (κ3) is 3.97. The lowest BCUT2D eigenvalue weighted by atomic mass is 9.90. The summed E-state index contributed by atoms with van der Waals surface area (Å²) in [7, 11) is 0. The van der Waals surface area contributed by atoms with Crippen molar-refractivity contribution in [3.8, 4) is 0 Å². The van der Waals surface area contributed by atoms with E-state index in [9.17, 15) is 4.79 Å². The lowest BCUT2D eigenvalue weighted by Crippen LogP contribution is -2.25. The third-order valence-electron chi connectivity index (χ3n) is 6.44. The van der Waals surface area contributed by atoms with E-state index in [4.69, 9.17) is 0 Å². The van der Waals surface area contributed by atoms with Crippen LogP contribution in [0.15, 0.2) is 65.8 Å². The fourth-order valence-electron chi connectivity index (χ4n) is 4.86. The molecular formula is C24H28N2O. The van der Waals surface area contributed by atoms with E-state index in [2.05, 4.69) is 41.7 Å². The Hall–Kier alpha value is -2.42. The molecule has 0 heterocycles. The smallest absolute Gasteiger partial charge is 0.244 e. The van der Waals surface area contributed by atoms with E-state index in [1.807, 2.05) is 36.4 Å². The Bertz CT molecular complexity index is 771. The number of fused-ring (bicyclic) bond motifs is 1. The van der Waals surface area contributed by atoms with Gasteiger partial charge in [0.2, 0.25) is 5.91 Å². The zero-order valence-corrected chi connectivity index (χ0v) is 16.0. The largest absolute Gasteiger partial charge is 0.273 e. The second kappa shape index (κ2) is 7.67. The van der Waals surface area contributed by atoms with Gasteiger partial charge in [0.1, 0.15) is 0 Å². The van der Waals surface area contributed by atoms with Crippen molar-refractivity contribution in [1.29, 1.82) is 0 Å². The van der Waals surface area contributed by atoms with Gasteiger partial charge in [0.15, 0.2) is 0 Å². The van der Waals surface area contributed by atoms with Crippen molar-refractivity contribution < 1.29 is 4.79 Å². The number of carbonyl (C=O) groups excluding carboxylic acids is 1. The summed E-state index contributed by atoms with van der Waals surface area (Å²) in [5.41, 5.74) is 6.56. The summed E-state index contributed by atoms with van der Waals surface area (Å²) >= 11 is 0. The van der Waals surface area contributed by atoms with Crippen LogP contribution in [0.1, 0.15) is 43.7 Å². The molecule has 27 heavy (non-hydrogen) atoms. The Morgan fingerprint density at radius 3 is 2.11 bits per heavy atom. The third-order valence-corrected chi connectivity index (χ3v) is 6.44. The van der Waals surface area contributed by atoms with E-state index >= 15 is 0 Å². The molecule has 3 atom stereocenters. The average Bonchev–Trinajstić information content (AvgIpc) is 3.33. The average molecular weight is 361 g/mol. The van der Waals surface area contributed by atoms with Gasteiger partial charge < -0.3 is 0 Å². The zero-order valence-electron chi connectivity index (χ0n) is 16.0. The standard InChI is InChI=1S/C24H28N2O/c1-24-15-9-8-14-21(24)22(24)23(27)26-25-20(16-18-10-4-2-5-11-18)17-19-12-6-3-7-13-19/h2-7,10-13,21-22H,8-9,14-17H2,1H3,(H,26,27)/t21-,22+,24-/m0/s1. The number of amides is 1. The summed E-state index contributed by atoms with van der Waals surface area (Å²) < 4.78 is 0. The predicted molar refractivity (Wildman–Crippen MR) is 109 cm³/mol. The van der Waals surface area contributed by atoms with Crippen LogP contribution in [0.25, 0.3) is 0 Å². The Labute approximate surface area is 161 Å². The topological polar surface area (TPSA) is 41.5 Å². The number of carbonyl (C=O) groups is 1. The molecule has 1 N–H and O–H groups in total. The fraction of sp³-hybridized carbons (Fsp3) is 0.417. The molecule has 2 aliphatic rings. The van der Waals surface area contributed by atoms with Crippen molar-refractivity contribution in [3.63, 3.8) is 0 Å². The van der Waals surface area contributed by atoms with Gasteiger partial charge in [-0.25, -0.2) is 5.43 Å². The van der Waals surface area contributed by atoms with E-state index in [1.54, 1.807) is 0 Å². The molecule has 140 valence electrons. The van der Waals surface area contributed by atoms with Crippen molar-refractivity contribution >= 4 is 11.6 Å². The molecule has 0 unspecified atom stereocenters. The molecule has 2 aliphatic carbocycles. The van der Waals surface area contributed by atoms with Crippen molar-refractivity contribution in [2.24, 2.45) is 22.4 Å². The van der Waals surface area contributed by atoms with Crippen LogP contribution in [0.4, 0.5) is 0 Å². The summed E-state index contributed by atoms with van der Waals surface area (Å²) in [5.74, 6) is 0.828. The number of hydrogen-bond acceptors (Lipinski definition) is 2. The summed E-state index contributed by atoms with van der Waals surface area (Å²) in [6.45, 7) is 2.28. The van der Waals surface area contributed by atoms with E-state index in [-0.39, 0.29) is 17.2 Å². The first kappa shape index (κ1) is 18.0. The Kier molecular flexibility index (Phi) is 5.11. The molecule has 0 saturated heterocycles. The van der Waals surface area contributed by atoms with Crippen LogP contribution in [0.2, 0.25) is 0 Å². The highest BCUT2D eigenvalue weighted by Gasteiger charge is 2.64. The maximum atomic E-state index is 12.8. The molecule has 2 aromatic carbocycles. The zero-order chi connectivity index (χ0) is 18.7. The van der Waals surface area contributed by atoms with Crippen LogP contribution in [0.5, 0.6) is 0 Å². The first-order valence-corrected chi connectivity index (χ1v) is 10.1. The minimum absolute atomic E-state index is 0.114. The maximum Gasteiger partial charge on any atom is 0.244 e. The number of rotatable bonds is 6. The maximum absolute atomic E-state index is 12.8. The fourth-order valence-corrected chi connectivity index (χ4v) is 4.86. The van der Waals surface area contributed by atoms with Crippen LogP contribution < -0.4 is 5.43 Å². The summed E-state index contributed by atoms with van der Waals surface area (Å²) in [6, 6.07) is 20.7. The van der Waals surface area contributed by atoms with Gasteiger partial charge in [0.05, 0.1) is 0 Å². The molecule has 0 radical (unpaired) electrons. The minimum atomic E-state index is 0.114. The quantitative estimate of drug-likeness (QED) is 0.585. The van der Waals surface area contributed by atoms with Crippen molar-refractivity contribution in [3.05, 3.63) is 71.8 Å². The highest BCUT2D eigenvalue weighted by atomic mass is 16.2.